The first-order valence-corrected chi connectivity index (χ1v) is 25.3. The molecule has 10 rings (SSSR count). The van der Waals surface area contributed by atoms with Gasteiger partial charge in [-0.1, -0.05) is 120 Å². The molecular formula is C62H48Cl2N8O6. The summed E-state index contributed by atoms with van der Waals surface area (Å²) in [6, 6.07) is 58.0. The van der Waals surface area contributed by atoms with Crippen LogP contribution in [0, 0.1) is 13.8 Å². The number of carbonyl (C=O) groups is 2. The highest BCUT2D eigenvalue weighted by Gasteiger charge is 2.20. The lowest BCUT2D eigenvalue weighted by atomic mass is 10.0. The summed E-state index contributed by atoms with van der Waals surface area (Å²) in [6.07, 6.45) is 0. The maximum atomic E-state index is 13.7. The molecule has 0 atom stereocenters. The SMILES string of the molecule is Cc1cccc(NOCc2ccc(NOCc3cc4ccccc4c(N=Nc4ccc(-c5ccc(N=Nc6c(O)c(C(=O)Nc7ccc(C(=O)Nc8cccc(C)c8)cc7)cc7ccccc67)c(Cl)c5)cc4Cl)c3O)cc2)c1. The van der Waals surface area contributed by atoms with Gasteiger partial charge in [-0.25, -0.2) is 0 Å². The van der Waals surface area contributed by atoms with Crippen LogP contribution in [0.5, 0.6) is 11.5 Å². The number of carbonyl (C=O) groups excluding carboxylic acids is 2. The number of hydrogen-bond donors (Lipinski definition) is 6. The molecule has 0 saturated carbocycles. The number of aromatic hydroxyl groups is 2. The van der Waals surface area contributed by atoms with Gasteiger partial charge in [0.25, 0.3) is 11.8 Å². The first-order valence-electron chi connectivity index (χ1n) is 24.5. The number of azo groups is 2. The van der Waals surface area contributed by atoms with Crippen molar-refractivity contribution in [2.75, 3.05) is 21.6 Å². The Morgan fingerprint density at radius 2 is 1.00 bits per heavy atom. The Bertz CT molecular complexity index is 3950. The van der Waals surface area contributed by atoms with Gasteiger partial charge >= 0.3 is 0 Å². The maximum absolute atomic E-state index is 13.7. The molecule has 0 spiro atoms. The van der Waals surface area contributed by atoms with E-state index in [1.807, 2.05) is 129 Å². The Kier molecular flexibility index (Phi) is 15.8. The van der Waals surface area contributed by atoms with Gasteiger partial charge in [0.05, 0.1) is 33.6 Å². The Labute approximate surface area is 458 Å². The molecule has 0 unspecified atom stereocenters. The molecule has 0 radical (unpaired) electrons. The van der Waals surface area contributed by atoms with Crippen LogP contribution in [-0.2, 0) is 22.9 Å². The van der Waals surface area contributed by atoms with Crippen LogP contribution >= 0.6 is 23.2 Å². The number of aryl methyl sites for hydroxylation is 2. The van der Waals surface area contributed by atoms with Crippen molar-refractivity contribution >= 4 is 102 Å². The summed E-state index contributed by atoms with van der Waals surface area (Å²) < 4.78 is 0. The van der Waals surface area contributed by atoms with Crippen LogP contribution < -0.4 is 21.6 Å². The van der Waals surface area contributed by atoms with E-state index < -0.39 is 5.91 Å². The first-order chi connectivity index (χ1) is 37.9. The van der Waals surface area contributed by atoms with Gasteiger partial charge in [0.1, 0.15) is 35.1 Å². The third-order valence-electron chi connectivity index (χ3n) is 12.6. The fourth-order valence-corrected chi connectivity index (χ4v) is 8.96. The van der Waals surface area contributed by atoms with E-state index in [-0.39, 0.29) is 46.0 Å². The molecule has 0 aliphatic heterocycles. The molecule has 0 fully saturated rings. The quantitative estimate of drug-likeness (QED) is 0.0383. The van der Waals surface area contributed by atoms with Crippen molar-refractivity contribution < 1.29 is 29.5 Å². The van der Waals surface area contributed by atoms with Crippen molar-refractivity contribution in [2.24, 2.45) is 20.5 Å². The van der Waals surface area contributed by atoms with Crippen molar-refractivity contribution in [3.63, 3.8) is 0 Å². The van der Waals surface area contributed by atoms with E-state index in [0.717, 1.165) is 38.9 Å². The molecule has 0 aliphatic carbocycles. The largest absolute Gasteiger partial charge is 0.505 e. The standard InChI is InChI=1S/C62H48Cl2N8O6/c1-37-9-7-13-48(29-37)66-61(75)40-19-25-46(26-20-40)65-62(76)52-32-44-12-4-6-16-51(44)58(60(52)74)70-68-56-28-22-42(34-54(56)64)41-21-27-55(53(63)33-41)67-69-57-50-15-5-3-11-43(50)31-45(59(57)73)36-78-71-47-23-17-39(18-24-47)35-77-72-49-14-8-10-38(2)30-49/h3-34,71-74H,35-36H2,1-2H3,(H,65,76)(H,66,75). The zero-order valence-corrected chi connectivity index (χ0v) is 43.5. The fourth-order valence-electron chi connectivity index (χ4n) is 8.53. The minimum atomic E-state index is -0.593. The highest BCUT2D eigenvalue weighted by Crippen LogP contribution is 2.43. The number of anilines is 4. The molecule has 0 bridgehead atoms. The van der Waals surface area contributed by atoms with Crippen LogP contribution in [0.4, 0.5) is 45.5 Å². The molecule has 0 aliphatic rings. The minimum absolute atomic E-state index is 0.0191. The van der Waals surface area contributed by atoms with Crippen LogP contribution in [0.3, 0.4) is 0 Å². The molecular weight excluding hydrogens is 1020 g/mol. The second-order valence-electron chi connectivity index (χ2n) is 18.2. The number of phenolic OH excluding ortho intramolecular Hbond substituents is 2. The number of nitrogens with one attached hydrogen (secondary N) is 4. The van der Waals surface area contributed by atoms with Gasteiger partial charge in [0, 0.05) is 33.3 Å². The molecule has 10 aromatic rings. The lowest BCUT2D eigenvalue weighted by Crippen LogP contribution is -2.14. The fraction of sp³-hybridized carbons (Fsp3) is 0.0645. The maximum Gasteiger partial charge on any atom is 0.259 e. The number of rotatable bonds is 17. The normalized spacial score (nSPS) is 11.4. The summed E-state index contributed by atoms with van der Waals surface area (Å²) in [7, 11) is 0. The van der Waals surface area contributed by atoms with Crippen molar-refractivity contribution in [1.82, 2.24) is 0 Å². The Morgan fingerprint density at radius 3 is 1.62 bits per heavy atom. The second-order valence-corrected chi connectivity index (χ2v) is 19.0. The lowest BCUT2D eigenvalue weighted by molar-refractivity contribution is 0.101. The monoisotopic (exact) mass is 1070 g/mol. The molecule has 78 heavy (non-hydrogen) atoms. The summed E-state index contributed by atoms with van der Waals surface area (Å²) >= 11 is 13.6. The van der Waals surface area contributed by atoms with Gasteiger partial charge < -0.3 is 20.8 Å². The van der Waals surface area contributed by atoms with Crippen molar-refractivity contribution in [2.45, 2.75) is 27.1 Å². The minimum Gasteiger partial charge on any atom is -0.505 e. The zero-order chi connectivity index (χ0) is 54.1. The molecule has 0 aromatic heterocycles. The molecule has 2 amide bonds. The van der Waals surface area contributed by atoms with E-state index in [1.54, 1.807) is 78.9 Å². The zero-order valence-electron chi connectivity index (χ0n) is 42.0. The van der Waals surface area contributed by atoms with Gasteiger partial charge in [-0.2, -0.15) is 0 Å². The number of nitrogens with zero attached hydrogens (tertiary/aromatic N) is 4. The second kappa shape index (κ2) is 23.6. The van der Waals surface area contributed by atoms with Crippen molar-refractivity contribution in [1.29, 1.82) is 0 Å². The number of benzene rings is 10. The smallest absolute Gasteiger partial charge is 0.259 e. The molecule has 386 valence electrons. The molecule has 0 saturated heterocycles. The van der Waals surface area contributed by atoms with Crippen molar-refractivity contribution in [3.8, 4) is 22.6 Å². The van der Waals surface area contributed by atoms with Crippen LogP contribution in [0.25, 0.3) is 32.7 Å². The third-order valence-corrected chi connectivity index (χ3v) is 13.2. The summed E-state index contributed by atoms with van der Waals surface area (Å²) in [5, 5.41) is 49.8. The number of fused-ring (bicyclic) bond motifs is 2. The molecule has 6 N–H and O–H groups in total. The van der Waals surface area contributed by atoms with E-state index in [1.165, 1.54) is 0 Å². The van der Waals surface area contributed by atoms with Gasteiger partial charge in [0.15, 0.2) is 5.75 Å². The van der Waals surface area contributed by atoms with Crippen LogP contribution in [0.1, 0.15) is 43.0 Å². The van der Waals surface area contributed by atoms with Crippen LogP contribution in [0.2, 0.25) is 10.0 Å². The molecule has 10 aromatic carbocycles. The average Bonchev–Trinajstić information content (AvgIpc) is 3.49. The van der Waals surface area contributed by atoms with E-state index in [2.05, 4.69) is 42.1 Å². The van der Waals surface area contributed by atoms with E-state index in [4.69, 9.17) is 32.9 Å². The summed E-state index contributed by atoms with van der Waals surface area (Å²) in [5.74, 6) is -1.36. The lowest BCUT2D eigenvalue weighted by Gasteiger charge is -2.12. The Balaban J connectivity index is 0.795. The molecule has 14 nitrogen and oxygen atoms in total. The van der Waals surface area contributed by atoms with Gasteiger partial charge in [-0.3, -0.25) is 30.2 Å². The summed E-state index contributed by atoms with van der Waals surface area (Å²) in [6.45, 7) is 4.35. The predicted molar refractivity (Wildman–Crippen MR) is 309 cm³/mol. The molecule has 0 heterocycles. The number of hydrogen-bond acceptors (Lipinski definition) is 12. The highest BCUT2D eigenvalue weighted by atomic mass is 35.5. The third kappa shape index (κ3) is 12.3. The number of amides is 2. The van der Waals surface area contributed by atoms with Crippen LogP contribution in [-0.4, -0.2) is 22.0 Å². The van der Waals surface area contributed by atoms with Gasteiger partial charge in [-0.15, -0.1) is 20.5 Å². The molecule has 16 heteroatoms. The van der Waals surface area contributed by atoms with Gasteiger partial charge in [-0.05, 0) is 149 Å². The van der Waals surface area contributed by atoms with E-state index in [0.29, 0.717) is 67.4 Å². The Hall–Kier alpha value is -9.44. The van der Waals surface area contributed by atoms with E-state index >= 15 is 0 Å². The van der Waals surface area contributed by atoms with E-state index in [9.17, 15) is 19.8 Å². The summed E-state index contributed by atoms with van der Waals surface area (Å²) in [5.41, 5.74) is 15.0. The number of halogens is 2. The first kappa shape index (κ1) is 52.0. The predicted octanol–water partition coefficient (Wildman–Crippen LogP) is 17.4. The summed E-state index contributed by atoms with van der Waals surface area (Å²) in [4.78, 5) is 38.1. The highest BCUT2D eigenvalue weighted by molar-refractivity contribution is 6.34. The topological polar surface area (TPSA) is 191 Å². The van der Waals surface area contributed by atoms with Gasteiger partial charge in [0.2, 0.25) is 0 Å². The average molecular weight is 1070 g/mol. The number of phenols is 2. The van der Waals surface area contributed by atoms with Crippen molar-refractivity contribution in [3.05, 3.63) is 238 Å². The van der Waals surface area contributed by atoms with Crippen LogP contribution in [0.15, 0.2) is 215 Å². The Morgan fingerprint density at radius 1 is 0.474 bits per heavy atom.